The summed E-state index contributed by atoms with van der Waals surface area (Å²) in [4.78, 5) is 12.3. The number of halogens is 3. The van der Waals surface area contributed by atoms with E-state index in [-0.39, 0.29) is 12.5 Å². The molecule has 0 atom stereocenters. The zero-order chi connectivity index (χ0) is 22.7. The van der Waals surface area contributed by atoms with Gasteiger partial charge in [-0.05, 0) is 85.9 Å². The van der Waals surface area contributed by atoms with Crippen LogP contribution in [-0.4, -0.2) is 11.3 Å². The van der Waals surface area contributed by atoms with Crippen LogP contribution in [0.15, 0.2) is 36.4 Å². The van der Waals surface area contributed by atoms with Crippen molar-refractivity contribution in [2.24, 2.45) is 0 Å². The van der Waals surface area contributed by atoms with E-state index >= 15 is 0 Å². The van der Waals surface area contributed by atoms with Gasteiger partial charge in [0.1, 0.15) is 18.6 Å². The van der Waals surface area contributed by atoms with Gasteiger partial charge < -0.3 is 14.5 Å². The van der Waals surface area contributed by atoms with Crippen molar-refractivity contribution >= 4 is 17.2 Å². The lowest BCUT2D eigenvalue weighted by atomic mass is 9.91. The topological polar surface area (TPSA) is 42.1 Å². The summed E-state index contributed by atoms with van der Waals surface area (Å²) in [6, 6.07) is 10.6. The summed E-state index contributed by atoms with van der Waals surface area (Å²) in [6.45, 7) is 1.58. The Morgan fingerprint density at radius 3 is 2.53 bits per heavy atom. The van der Waals surface area contributed by atoms with Crippen LogP contribution < -0.4 is 4.74 Å². The molecule has 1 N–H and O–H groups in total. The molecule has 0 aliphatic heterocycles. The molecule has 0 unspecified atom stereocenters. The maximum absolute atomic E-state index is 13.7. The zero-order valence-electron chi connectivity index (χ0n) is 18.2. The van der Waals surface area contributed by atoms with Crippen LogP contribution in [0.5, 0.6) is 5.75 Å². The van der Waals surface area contributed by atoms with Crippen molar-refractivity contribution in [1.82, 2.24) is 4.98 Å². The quantitative estimate of drug-likeness (QED) is 0.436. The van der Waals surface area contributed by atoms with Gasteiger partial charge in [-0.1, -0.05) is 25.0 Å². The van der Waals surface area contributed by atoms with Crippen molar-refractivity contribution in [3.05, 3.63) is 64.3 Å². The van der Waals surface area contributed by atoms with Crippen LogP contribution in [0.2, 0.25) is 0 Å². The molecule has 1 aromatic heterocycles. The molecular weight excluding hydrogens is 415 g/mol. The van der Waals surface area contributed by atoms with E-state index in [2.05, 4.69) is 4.98 Å². The van der Waals surface area contributed by atoms with Gasteiger partial charge in [0.2, 0.25) is 0 Å². The minimum Gasteiger partial charge on any atom is -0.489 e. The molecule has 0 saturated heterocycles. The zero-order valence-corrected chi connectivity index (χ0v) is 18.2. The second-order valence-corrected chi connectivity index (χ2v) is 8.57. The van der Waals surface area contributed by atoms with Gasteiger partial charge in [-0.2, -0.15) is 13.2 Å². The second-order valence-electron chi connectivity index (χ2n) is 8.57. The Bertz CT molecular complexity index is 1090. The van der Waals surface area contributed by atoms with E-state index in [0.717, 1.165) is 56.7 Å². The molecule has 32 heavy (non-hydrogen) atoms. The number of H-pyrrole nitrogens is 1. The third kappa shape index (κ3) is 4.69. The number of aromatic amines is 1. The molecule has 170 valence electrons. The Hall–Kier alpha value is -2.76. The average Bonchev–Trinajstić information content (AvgIpc) is 3.50. The number of nitrogens with one attached hydrogen (secondary N) is 1. The second kappa shape index (κ2) is 9.39. The highest BCUT2D eigenvalue weighted by molar-refractivity contribution is 5.86. The molecule has 2 aromatic carbocycles. The highest BCUT2D eigenvalue weighted by Crippen LogP contribution is 2.42. The number of carbonyl (C=O) groups excluding carboxylic acids is 1. The van der Waals surface area contributed by atoms with Gasteiger partial charge in [-0.15, -0.1) is 0 Å². The summed E-state index contributed by atoms with van der Waals surface area (Å²) in [5, 5.41) is 1.17. The monoisotopic (exact) mass is 443 g/mol. The predicted molar refractivity (Wildman–Crippen MR) is 119 cm³/mol. The van der Waals surface area contributed by atoms with E-state index in [9.17, 15) is 13.2 Å². The fraction of sp³-hybridized carbons (Fsp3) is 0.423. The van der Waals surface area contributed by atoms with E-state index < -0.39 is 11.7 Å². The van der Waals surface area contributed by atoms with E-state index in [1.807, 2.05) is 18.2 Å². The average molecular weight is 444 g/mol. The summed E-state index contributed by atoms with van der Waals surface area (Å²) in [5.41, 5.74) is 4.26. The molecular formula is C26H28F3NO2. The number of alkyl halides is 3. The first-order valence-corrected chi connectivity index (χ1v) is 11.3. The van der Waals surface area contributed by atoms with Gasteiger partial charge in [0, 0.05) is 16.6 Å². The summed E-state index contributed by atoms with van der Waals surface area (Å²) >= 11 is 0. The van der Waals surface area contributed by atoms with Crippen LogP contribution in [0.4, 0.5) is 13.2 Å². The Morgan fingerprint density at radius 2 is 1.81 bits per heavy atom. The molecule has 1 fully saturated rings. The van der Waals surface area contributed by atoms with Gasteiger partial charge in [-0.3, -0.25) is 0 Å². The van der Waals surface area contributed by atoms with E-state index in [1.54, 1.807) is 12.1 Å². The van der Waals surface area contributed by atoms with Crippen molar-refractivity contribution in [1.29, 1.82) is 0 Å². The fourth-order valence-electron chi connectivity index (χ4n) is 5.01. The van der Waals surface area contributed by atoms with Crippen LogP contribution in [0.25, 0.3) is 10.9 Å². The number of hydrogen-bond donors (Lipinski definition) is 1. The molecule has 5 rings (SSSR count). The number of aryl methyl sites for hydroxylation is 2. The van der Waals surface area contributed by atoms with Crippen LogP contribution in [0, 0.1) is 0 Å². The minimum atomic E-state index is -4.33. The molecule has 6 heteroatoms. The van der Waals surface area contributed by atoms with Crippen molar-refractivity contribution in [3.8, 4) is 5.75 Å². The summed E-state index contributed by atoms with van der Waals surface area (Å²) < 4.78 is 46.9. The van der Waals surface area contributed by atoms with Crippen molar-refractivity contribution in [3.63, 3.8) is 0 Å². The number of hydrogen-bond acceptors (Lipinski definition) is 2. The number of aromatic nitrogens is 1. The predicted octanol–water partition coefficient (Wildman–Crippen LogP) is 7.12. The first-order chi connectivity index (χ1) is 15.4. The van der Waals surface area contributed by atoms with Crippen LogP contribution in [-0.2, 0) is 30.4 Å². The molecule has 2 aliphatic rings. The highest BCUT2D eigenvalue weighted by atomic mass is 19.4. The van der Waals surface area contributed by atoms with Crippen molar-refractivity contribution in [2.45, 2.75) is 70.6 Å². The molecule has 3 nitrogen and oxygen atoms in total. The van der Waals surface area contributed by atoms with Gasteiger partial charge >= 0.3 is 6.18 Å². The molecule has 0 bridgehead atoms. The number of aldehydes is 1. The van der Waals surface area contributed by atoms with E-state index in [0.29, 0.717) is 16.9 Å². The van der Waals surface area contributed by atoms with Gasteiger partial charge in [0.15, 0.2) is 0 Å². The smallest absolute Gasteiger partial charge is 0.416 e. The van der Waals surface area contributed by atoms with Crippen LogP contribution in [0.3, 0.4) is 0 Å². The highest BCUT2D eigenvalue weighted by Gasteiger charge is 2.36. The lowest BCUT2D eigenvalue weighted by molar-refractivity contribution is -0.138. The molecule has 0 radical (unpaired) electrons. The lowest BCUT2D eigenvalue weighted by Gasteiger charge is -2.19. The van der Waals surface area contributed by atoms with Gasteiger partial charge in [0.25, 0.3) is 0 Å². The summed E-state index contributed by atoms with van der Waals surface area (Å²) in [5.74, 6) is 0.722. The largest absolute Gasteiger partial charge is 0.489 e. The standard InChI is InChI=1S/C24H24F3NO.C2H4O/c25-24(26,27)21-12-15(8-10-18(21)16-4-1-2-5-16)14-29-17-9-11-23-20(13-17)19-6-3-7-22(19)28-23;1-2-3/h8-13,16,28H,1-7,14H2;2H,1H3. The molecule has 1 saturated carbocycles. The SMILES string of the molecule is CC=O.FC(F)(F)c1cc(COc2ccc3[nH]c4c(c3c2)CCC4)ccc1C1CCCC1. The number of rotatable bonds is 4. The Labute approximate surface area is 186 Å². The Kier molecular flexibility index (Phi) is 6.58. The fourth-order valence-corrected chi connectivity index (χ4v) is 5.01. The lowest BCUT2D eigenvalue weighted by Crippen LogP contribution is -2.12. The molecule has 1 heterocycles. The molecule has 0 spiro atoms. The van der Waals surface area contributed by atoms with E-state index in [1.165, 1.54) is 29.6 Å². The third-order valence-electron chi connectivity index (χ3n) is 6.44. The molecule has 3 aromatic rings. The summed E-state index contributed by atoms with van der Waals surface area (Å²) in [7, 11) is 0. The van der Waals surface area contributed by atoms with Crippen molar-refractivity contribution < 1.29 is 22.7 Å². The van der Waals surface area contributed by atoms with Crippen LogP contribution >= 0.6 is 0 Å². The third-order valence-corrected chi connectivity index (χ3v) is 6.44. The number of fused-ring (bicyclic) bond motifs is 3. The molecule has 2 aliphatic carbocycles. The van der Waals surface area contributed by atoms with E-state index in [4.69, 9.17) is 9.53 Å². The van der Waals surface area contributed by atoms with Gasteiger partial charge in [-0.25, -0.2) is 0 Å². The number of benzene rings is 2. The normalized spacial score (nSPS) is 16.0. The number of carbonyl (C=O) groups is 1. The molecule has 0 amide bonds. The minimum absolute atomic E-state index is 0.0275. The first-order valence-electron chi connectivity index (χ1n) is 11.3. The number of ether oxygens (including phenoxy) is 1. The maximum Gasteiger partial charge on any atom is 0.416 e. The first kappa shape index (κ1) is 22.4. The van der Waals surface area contributed by atoms with Crippen molar-refractivity contribution in [2.75, 3.05) is 0 Å². The Balaban J connectivity index is 0.000000775. The van der Waals surface area contributed by atoms with Crippen LogP contribution in [0.1, 0.15) is 72.9 Å². The Morgan fingerprint density at radius 1 is 1.06 bits per heavy atom. The summed E-state index contributed by atoms with van der Waals surface area (Å²) in [6.07, 6.45) is 3.44. The van der Waals surface area contributed by atoms with Gasteiger partial charge in [0.05, 0.1) is 5.56 Å². The maximum atomic E-state index is 13.7.